The first-order valence-electron chi connectivity index (χ1n) is 18.0. The van der Waals surface area contributed by atoms with Gasteiger partial charge in [-0.3, -0.25) is 24.2 Å². The molecular weight excluding hydrogens is 684 g/mol. The van der Waals surface area contributed by atoms with E-state index in [4.69, 9.17) is 28.4 Å². The fraction of sp³-hybridized carbons (Fsp3) is 0.700. The van der Waals surface area contributed by atoms with Gasteiger partial charge in [-0.2, -0.15) is 0 Å². The zero-order chi connectivity index (χ0) is 40.7. The van der Waals surface area contributed by atoms with E-state index in [9.17, 15) is 24.0 Å². The maximum Gasteiger partial charge on any atom is 0.408 e. The molecule has 2 rings (SSSR count). The zero-order valence-corrected chi connectivity index (χ0v) is 34.3. The van der Waals surface area contributed by atoms with Gasteiger partial charge in [0.1, 0.15) is 18.3 Å². The van der Waals surface area contributed by atoms with Crippen molar-refractivity contribution >= 4 is 36.2 Å². The van der Waals surface area contributed by atoms with Crippen LogP contribution in [-0.2, 0) is 54.0 Å². The molecule has 1 aliphatic heterocycles. The van der Waals surface area contributed by atoms with Crippen molar-refractivity contribution in [2.24, 2.45) is 26.7 Å². The second kappa shape index (κ2) is 17.4. The Balaban J connectivity index is 2.79. The summed E-state index contributed by atoms with van der Waals surface area (Å²) in [5, 5.41) is 2.83. The smallest absolute Gasteiger partial charge is 0.408 e. The summed E-state index contributed by atoms with van der Waals surface area (Å²) in [7, 11) is 0. The van der Waals surface area contributed by atoms with Crippen LogP contribution >= 0.6 is 0 Å². The van der Waals surface area contributed by atoms with Crippen LogP contribution in [0.3, 0.4) is 0 Å². The number of nitrogens with one attached hydrogen (secondary N) is 1. The number of carbonyl (C=O) groups excluding carboxylic acids is 5. The van der Waals surface area contributed by atoms with Gasteiger partial charge < -0.3 is 33.7 Å². The third-order valence-electron chi connectivity index (χ3n) is 7.58. The van der Waals surface area contributed by atoms with Gasteiger partial charge in [-0.15, -0.1) is 0 Å². The Kier molecular flexibility index (Phi) is 14.8. The van der Waals surface area contributed by atoms with E-state index >= 15 is 0 Å². The van der Waals surface area contributed by atoms with Crippen LogP contribution in [-0.4, -0.2) is 85.1 Å². The molecule has 0 unspecified atom stereocenters. The fourth-order valence-corrected chi connectivity index (χ4v) is 4.48. The van der Waals surface area contributed by atoms with Gasteiger partial charge in [-0.25, -0.2) is 4.79 Å². The normalized spacial score (nSPS) is 22.0. The summed E-state index contributed by atoms with van der Waals surface area (Å²) in [5.41, 5.74) is -3.84. The van der Waals surface area contributed by atoms with Gasteiger partial charge in [-0.1, -0.05) is 30.3 Å². The molecule has 6 atom stereocenters. The summed E-state index contributed by atoms with van der Waals surface area (Å²) in [4.78, 5) is 71.2. The van der Waals surface area contributed by atoms with E-state index in [0.29, 0.717) is 6.42 Å². The number of esters is 4. The number of hydrogen-bond acceptors (Lipinski definition) is 12. The van der Waals surface area contributed by atoms with E-state index in [1.165, 1.54) is 6.21 Å². The van der Waals surface area contributed by atoms with Crippen molar-refractivity contribution in [3.63, 3.8) is 0 Å². The summed E-state index contributed by atoms with van der Waals surface area (Å²) in [6, 6.07) is 8.61. The molecule has 53 heavy (non-hydrogen) atoms. The van der Waals surface area contributed by atoms with E-state index < -0.39 is 101 Å². The summed E-state index contributed by atoms with van der Waals surface area (Å²) in [5.74, 6) is -2.58. The lowest BCUT2D eigenvalue weighted by Crippen LogP contribution is -2.63. The maximum absolute atomic E-state index is 13.6. The van der Waals surface area contributed by atoms with Crippen molar-refractivity contribution in [2.45, 2.75) is 153 Å². The quantitative estimate of drug-likeness (QED) is 0.160. The van der Waals surface area contributed by atoms with Crippen molar-refractivity contribution in [2.75, 3.05) is 6.61 Å². The Morgan fingerprint density at radius 1 is 0.679 bits per heavy atom. The van der Waals surface area contributed by atoms with Gasteiger partial charge in [0.25, 0.3) is 0 Å². The fourth-order valence-electron chi connectivity index (χ4n) is 4.48. The number of benzene rings is 1. The standard InChI is InChI=1S/C40H62N2O11/c1-36(2,3)31(43)48-23-26-27(50-32(44)37(4,5)6)28(51-33(45)38(7,8)9)29(52-34(46)39(10,11)12)30(49-26)41-22-25(21-24-19-17-16-18-20-24)42-35(47)53-40(13,14)15/h16-20,22,25-30H,21,23H2,1-15H3,(H,42,47)/b41-22+/t25-,26-,27-,28+,29-,30-/m1/s1. The highest BCUT2D eigenvalue weighted by Crippen LogP contribution is 2.34. The summed E-state index contributed by atoms with van der Waals surface area (Å²) in [6.07, 6.45) is -5.89. The summed E-state index contributed by atoms with van der Waals surface area (Å²) < 4.78 is 35.7. The van der Waals surface area contributed by atoms with Gasteiger partial charge >= 0.3 is 30.0 Å². The zero-order valence-electron chi connectivity index (χ0n) is 34.3. The molecule has 0 spiro atoms. The van der Waals surface area contributed by atoms with Crippen molar-refractivity contribution in [1.82, 2.24) is 5.32 Å². The molecule has 1 saturated heterocycles. The third-order valence-corrected chi connectivity index (χ3v) is 7.58. The van der Waals surface area contributed by atoms with E-state index in [2.05, 4.69) is 10.3 Å². The molecule has 1 N–H and O–H groups in total. The molecule has 1 fully saturated rings. The second-order valence-corrected chi connectivity index (χ2v) is 18.5. The van der Waals surface area contributed by atoms with Gasteiger partial charge in [-0.05, 0) is 116 Å². The topological polar surface area (TPSA) is 165 Å². The Morgan fingerprint density at radius 2 is 1.13 bits per heavy atom. The monoisotopic (exact) mass is 746 g/mol. The lowest BCUT2D eigenvalue weighted by Gasteiger charge is -2.45. The molecule has 0 aliphatic carbocycles. The Labute approximate surface area is 315 Å². The molecular formula is C40H62N2O11. The molecule has 0 aromatic heterocycles. The minimum atomic E-state index is -1.46. The van der Waals surface area contributed by atoms with Gasteiger partial charge in [0.05, 0.1) is 27.7 Å². The van der Waals surface area contributed by atoms with Gasteiger partial charge in [0.2, 0.25) is 0 Å². The number of ether oxygens (including phenoxy) is 6. The van der Waals surface area contributed by atoms with Gasteiger partial charge in [0.15, 0.2) is 24.5 Å². The minimum Gasteiger partial charge on any atom is -0.462 e. The number of aliphatic imine (C=N–C) groups is 1. The van der Waals surface area contributed by atoms with E-state index in [-0.39, 0.29) is 0 Å². The van der Waals surface area contributed by atoms with E-state index in [1.54, 1.807) is 104 Å². The lowest BCUT2D eigenvalue weighted by molar-refractivity contribution is -0.258. The van der Waals surface area contributed by atoms with Crippen molar-refractivity contribution in [1.29, 1.82) is 0 Å². The molecule has 298 valence electrons. The molecule has 1 aromatic carbocycles. The Bertz CT molecular complexity index is 1450. The molecule has 0 saturated carbocycles. The molecule has 13 heteroatoms. The highest BCUT2D eigenvalue weighted by Gasteiger charge is 2.54. The lowest BCUT2D eigenvalue weighted by atomic mass is 9.92. The predicted molar refractivity (Wildman–Crippen MR) is 199 cm³/mol. The van der Waals surface area contributed by atoms with Crippen LogP contribution in [0.5, 0.6) is 0 Å². The third kappa shape index (κ3) is 14.7. The highest BCUT2D eigenvalue weighted by atomic mass is 16.7. The van der Waals surface area contributed by atoms with Crippen LogP contribution in [0.1, 0.15) is 109 Å². The minimum absolute atomic E-state index is 0.295. The summed E-state index contributed by atoms with van der Waals surface area (Å²) >= 11 is 0. The van der Waals surface area contributed by atoms with E-state index in [1.807, 2.05) is 30.3 Å². The molecule has 0 radical (unpaired) electrons. The van der Waals surface area contributed by atoms with Crippen LogP contribution in [0.2, 0.25) is 0 Å². The van der Waals surface area contributed by atoms with Crippen molar-refractivity contribution in [3.05, 3.63) is 35.9 Å². The SMILES string of the molecule is CC(C)(C)OC(=O)N[C@@H](/C=N/[C@@H]1O[C@H](COC(=O)C(C)(C)C)[C@@H](OC(=O)C(C)(C)C)[C@H](OC(=O)C(C)(C)C)[C@H]1OC(=O)C(C)(C)C)Cc1ccccc1. The second-order valence-electron chi connectivity index (χ2n) is 18.5. The average Bonchev–Trinajstić information content (AvgIpc) is 2.98. The first-order chi connectivity index (χ1) is 24.0. The maximum atomic E-state index is 13.6. The predicted octanol–water partition coefficient (Wildman–Crippen LogP) is 6.38. The van der Waals surface area contributed by atoms with Crippen molar-refractivity contribution in [3.8, 4) is 0 Å². The molecule has 1 heterocycles. The number of rotatable bonds is 10. The van der Waals surface area contributed by atoms with Crippen LogP contribution in [0.15, 0.2) is 35.3 Å². The van der Waals surface area contributed by atoms with Gasteiger partial charge in [0, 0.05) is 6.21 Å². The molecule has 1 aliphatic rings. The molecule has 0 bridgehead atoms. The van der Waals surface area contributed by atoms with Crippen LogP contribution in [0.25, 0.3) is 0 Å². The summed E-state index contributed by atoms with van der Waals surface area (Å²) in [6.45, 7) is 24.7. The Morgan fingerprint density at radius 3 is 1.58 bits per heavy atom. The number of carbonyl (C=O) groups is 5. The largest absolute Gasteiger partial charge is 0.462 e. The number of amides is 1. The van der Waals surface area contributed by atoms with Crippen LogP contribution in [0.4, 0.5) is 4.79 Å². The number of nitrogens with zero attached hydrogens (tertiary/aromatic N) is 1. The van der Waals surface area contributed by atoms with E-state index in [0.717, 1.165) is 5.56 Å². The first kappa shape index (κ1) is 45.2. The Hall–Kier alpha value is -4.00. The average molecular weight is 747 g/mol. The van der Waals surface area contributed by atoms with Crippen LogP contribution < -0.4 is 5.32 Å². The first-order valence-corrected chi connectivity index (χ1v) is 18.0. The highest BCUT2D eigenvalue weighted by molar-refractivity contribution is 5.78. The van der Waals surface area contributed by atoms with Crippen molar-refractivity contribution < 1.29 is 52.4 Å². The number of hydrogen-bond donors (Lipinski definition) is 1. The number of alkyl carbamates (subject to hydrolysis) is 1. The molecule has 1 amide bonds. The molecule has 13 nitrogen and oxygen atoms in total. The van der Waals surface area contributed by atoms with Crippen LogP contribution in [0, 0.1) is 21.7 Å². The molecule has 1 aromatic rings.